The van der Waals surface area contributed by atoms with Gasteiger partial charge in [0.2, 0.25) is 0 Å². The van der Waals surface area contributed by atoms with E-state index in [1.807, 2.05) is 6.20 Å². The molecule has 0 amide bonds. The van der Waals surface area contributed by atoms with Crippen molar-refractivity contribution in [2.45, 2.75) is 85.0 Å². The quantitative estimate of drug-likeness (QED) is 0.381. The Balaban J connectivity index is 1.54. The van der Waals surface area contributed by atoms with Gasteiger partial charge in [0.15, 0.2) is 0 Å². The molecule has 0 saturated heterocycles. The predicted molar refractivity (Wildman–Crippen MR) is 137 cm³/mol. The van der Waals surface area contributed by atoms with Crippen LogP contribution in [-0.4, -0.2) is 38.6 Å². The first-order valence-electron chi connectivity index (χ1n) is 12.9. The van der Waals surface area contributed by atoms with Gasteiger partial charge in [0.25, 0.3) is 0 Å². The predicted octanol–water partition coefficient (Wildman–Crippen LogP) is 5.75. The highest BCUT2D eigenvalue weighted by atomic mass is 15.2. The van der Waals surface area contributed by atoms with Gasteiger partial charge in [-0.2, -0.15) is 0 Å². The first kappa shape index (κ1) is 23.9. The average Bonchev–Trinajstić information content (AvgIpc) is 3.16. The second-order valence-corrected chi connectivity index (χ2v) is 10.2. The Hall–Kier alpha value is -2.24. The van der Waals surface area contributed by atoms with Crippen LogP contribution in [0.5, 0.6) is 0 Å². The van der Waals surface area contributed by atoms with Crippen molar-refractivity contribution in [2.24, 2.45) is 5.92 Å². The summed E-state index contributed by atoms with van der Waals surface area (Å²) >= 11 is 0. The highest BCUT2D eigenvalue weighted by Gasteiger charge is 2.30. The van der Waals surface area contributed by atoms with Gasteiger partial charge < -0.3 is 9.88 Å². The minimum atomic E-state index is 0.362. The van der Waals surface area contributed by atoms with Gasteiger partial charge >= 0.3 is 0 Å². The van der Waals surface area contributed by atoms with Crippen LogP contribution in [0.15, 0.2) is 42.6 Å². The number of nitrogens with one attached hydrogen (secondary N) is 1. The average molecular weight is 448 g/mol. The van der Waals surface area contributed by atoms with E-state index in [1.54, 1.807) is 0 Å². The lowest BCUT2D eigenvalue weighted by atomic mass is 9.90. The summed E-state index contributed by atoms with van der Waals surface area (Å²) < 4.78 is 2.46. The number of pyridine rings is 1. The number of aryl methyl sites for hydroxylation is 2. The maximum Gasteiger partial charge on any atom is 0.124 e. The second kappa shape index (κ2) is 11.3. The molecule has 0 spiro atoms. The Morgan fingerprint density at radius 2 is 1.94 bits per heavy atom. The van der Waals surface area contributed by atoms with Crippen molar-refractivity contribution in [3.63, 3.8) is 0 Å². The number of benzene rings is 1. The van der Waals surface area contributed by atoms with Gasteiger partial charge in [0, 0.05) is 18.8 Å². The van der Waals surface area contributed by atoms with Gasteiger partial charge in [-0.3, -0.25) is 9.88 Å². The maximum absolute atomic E-state index is 5.10. The molecule has 0 saturated carbocycles. The lowest BCUT2D eigenvalue weighted by Gasteiger charge is -2.37. The number of imidazole rings is 1. The van der Waals surface area contributed by atoms with Gasteiger partial charge in [0.05, 0.1) is 29.3 Å². The molecule has 1 atom stereocenters. The van der Waals surface area contributed by atoms with Crippen molar-refractivity contribution < 1.29 is 0 Å². The number of fused-ring (bicyclic) bond motifs is 2. The van der Waals surface area contributed by atoms with Crippen LogP contribution in [0.1, 0.15) is 76.5 Å². The van der Waals surface area contributed by atoms with Gasteiger partial charge in [0.1, 0.15) is 5.82 Å². The lowest BCUT2D eigenvalue weighted by molar-refractivity contribution is 0.120. The normalized spacial score (nSPS) is 16.3. The highest BCUT2D eigenvalue weighted by molar-refractivity contribution is 5.75. The Morgan fingerprint density at radius 3 is 2.76 bits per heavy atom. The Bertz CT molecular complexity index is 1020. The van der Waals surface area contributed by atoms with E-state index < -0.39 is 0 Å². The monoisotopic (exact) mass is 447 g/mol. The van der Waals surface area contributed by atoms with Gasteiger partial charge in [-0.05, 0) is 88.7 Å². The molecular weight excluding hydrogens is 406 g/mol. The number of nitrogens with zero attached hydrogens (tertiary/aromatic N) is 4. The fraction of sp³-hybridized carbons (Fsp3) is 0.571. The zero-order chi connectivity index (χ0) is 23.2. The van der Waals surface area contributed by atoms with Crippen LogP contribution in [-0.2, 0) is 19.5 Å². The van der Waals surface area contributed by atoms with Crippen molar-refractivity contribution in [3.8, 4) is 0 Å². The van der Waals surface area contributed by atoms with Gasteiger partial charge in [-0.25, -0.2) is 4.98 Å². The molecule has 1 unspecified atom stereocenters. The zero-order valence-corrected chi connectivity index (χ0v) is 20.9. The molecule has 33 heavy (non-hydrogen) atoms. The summed E-state index contributed by atoms with van der Waals surface area (Å²) in [5, 5.41) is 3.62. The van der Waals surface area contributed by atoms with E-state index in [2.05, 4.69) is 78.9 Å². The molecule has 5 nitrogen and oxygen atoms in total. The second-order valence-electron chi connectivity index (χ2n) is 10.2. The summed E-state index contributed by atoms with van der Waals surface area (Å²) in [6, 6.07) is 13.7. The van der Waals surface area contributed by atoms with Crippen molar-refractivity contribution in [3.05, 3.63) is 59.7 Å². The molecule has 1 aliphatic rings. The molecule has 1 aliphatic carbocycles. The number of para-hydroxylation sites is 2. The Morgan fingerprint density at radius 1 is 1.09 bits per heavy atom. The van der Waals surface area contributed by atoms with E-state index in [0.29, 0.717) is 12.1 Å². The van der Waals surface area contributed by atoms with Crippen LogP contribution in [0.2, 0.25) is 0 Å². The minimum Gasteiger partial charge on any atom is -0.327 e. The van der Waals surface area contributed by atoms with Crippen molar-refractivity contribution in [1.29, 1.82) is 0 Å². The third-order valence-corrected chi connectivity index (χ3v) is 6.92. The number of hydrogen-bond donors (Lipinski definition) is 1. The van der Waals surface area contributed by atoms with Crippen LogP contribution in [0.3, 0.4) is 0 Å². The topological polar surface area (TPSA) is 46.0 Å². The molecular formula is C28H41N5. The summed E-state index contributed by atoms with van der Waals surface area (Å²) in [6.07, 6.45) is 7.85. The smallest absolute Gasteiger partial charge is 0.124 e. The summed E-state index contributed by atoms with van der Waals surface area (Å²) in [5.41, 5.74) is 5.04. The Kier molecular flexibility index (Phi) is 8.15. The van der Waals surface area contributed by atoms with Crippen molar-refractivity contribution in [2.75, 3.05) is 13.1 Å². The molecule has 4 rings (SSSR count). The third-order valence-electron chi connectivity index (χ3n) is 6.92. The van der Waals surface area contributed by atoms with E-state index in [0.717, 1.165) is 50.5 Å². The lowest BCUT2D eigenvalue weighted by Crippen LogP contribution is -2.37. The van der Waals surface area contributed by atoms with E-state index in [4.69, 9.17) is 9.97 Å². The summed E-state index contributed by atoms with van der Waals surface area (Å²) in [4.78, 5) is 12.5. The molecule has 0 fully saturated rings. The summed E-state index contributed by atoms with van der Waals surface area (Å²) in [5.74, 6) is 1.93. The molecule has 0 aliphatic heterocycles. The van der Waals surface area contributed by atoms with E-state index >= 15 is 0 Å². The van der Waals surface area contributed by atoms with E-state index in [-0.39, 0.29) is 0 Å². The van der Waals surface area contributed by atoms with Gasteiger partial charge in [-0.1, -0.05) is 32.0 Å². The standard InChI is InChI=1S/C28H41N5/c1-21(2)15-18-29-16-9-19-32-25-13-6-5-12-24(25)31-27(32)20-33(22(3)4)26-14-7-10-23-11-8-17-30-28(23)26/h5-6,8,11-13,17,21-22,26,29H,7,9-10,14-16,18-20H2,1-4H3. The van der Waals surface area contributed by atoms with Crippen LogP contribution >= 0.6 is 0 Å². The minimum absolute atomic E-state index is 0.362. The maximum atomic E-state index is 5.10. The van der Waals surface area contributed by atoms with Crippen LogP contribution in [0.25, 0.3) is 11.0 Å². The van der Waals surface area contributed by atoms with Crippen LogP contribution < -0.4 is 5.32 Å². The SMILES string of the molecule is CC(C)CCNCCCn1c(CN(C(C)C)C2CCCc3cccnc32)nc2ccccc21. The Labute approximate surface area is 199 Å². The highest BCUT2D eigenvalue weighted by Crippen LogP contribution is 2.35. The molecule has 178 valence electrons. The molecule has 0 bridgehead atoms. The van der Waals surface area contributed by atoms with Crippen molar-refractivity contribution in [1.82, 2.24) is 24.8 Å². The molecule has 3 aromatic rings. The van der Waals surface area contributed by atoms with Gasteiger partial charge in [-0.15, -0.1) is 0 Å². The zero-order valence-electron chi connectivity index (χ0n) is 20.9. The fourth-order valence-electron chi connectivity index (χ4n) is 5.10. The largest absolute Gasteiger partial charge is 0.327 e. The van der Waals surface area contributed by atoms with Crippen molar-refractivity contribution >= 4 is 11.0 Å². The fourth-order valence-corrected chi connectivity index (χ4v) is 5.10. The van der Waals surface area contributed by atoms with E-state index in [9.17, 15) is 0 Å². The summed E-state index contributed by atoms with van der Waals surface area (Å²) in [7, 11) is 0. The molecule has 1 aromatic carbocycles. The molecule has 2 heterocycles. The van der Waals surface area contributed by atoms with Crippen LogP contribution in [0.4, 0.5) is 0 Å². The molecule has 1 N–H and O–H groups in total. The number of hydrogen-bond acceptors (Lipinski definition) is 4. The molecule has 2 aromatic heterocycles. The first-order chi connectivity index (χ1) is 16.0. The summed E-state index contributed by atoms with van der Waals surface area (Å²) in [6.45, 7) is 13.2. The molecule has 5 heteroatoms. The third kappa shape index (κ3) is 5.82. The first-order valence-corrected chi connectivity index (χ1v) is 12.9. The molecule has 0 radical (unpaired) electrons. The van der Waals surface area contributed by atoms with E-state index in [1.165, 1.54) is 41.9 Å². The number of rotatable bonds is 11. The number of aromatic nitrogens is 3. The van der Waals surface area contributed by atoms with Crippen LogP contribution in [0, 0.1) is 5.92 Å².